The number of hydrogen-bond donors (Lipinski definition) is 6. The second-order valence-corrected chi connectivity index (χ2v) is 5.22. The quantitative estimate of drug-likeness (QED) is 0.159. The number of hydrogen-bond acceptors (Lipinski definition) is 7. The van der Waals surface area contributed by atoms with E-state index in [1.165, 1.54) is 30.8 Å². The van der Waals surface area contributed by atoms with E-state index in [4.69, 9.17) is 10.3 Å². The summed E-state index contributed by atoms with van der Waals surface area (Å²) < 4.78 is 0. The van der Waals surface area contributed by atoms with Gasteiger partial charge in [-0.05, 0) is 30.7 Å². The van der Waals surface area contributed by atoms with Crippen molar-refractivity contribution in [2.24, 2.45) is 5.10 Å². The van der Waals surface area contributed by atoms with Crippen LogP contribution in [-0.2, 0) is 4.79 Å². The summed E-state index contributed by atoms with van der Waals surface area (Å²) in [5.74, 6) is -1.21. The Morgan fingerprint density at radius 2 is 2.00 bits per heavy atom. The largest absolute Gasteiger partial charge is 0.391 e. The van der Waals surface area contributed by atoms with Crippen molar-refractivity contribution >= 4 is 24.1 Å². The number of rotatable bonds is 8. The molecule has 0 unspecified atom stereocenters. The zero-order chi connectivity index (χ0) is 18.8. The molecule has 0 fully saturated rings. The molecule has 2 amide bonds. The number of carbonyl (C=O) groups excluding carboxylic acids is 2. The lowest BCUT2D eigenvalue weighted by atomic mass is 10.1. The summed E-state index contributed by atoms with van der Waals surface area (Å²) in [6.07, 6.45) is 0.0911. The molecule has 9 nitrogen and oxygen atoms in total. The van der Waals surface area contributed by atoms with Crippen LogP contribution in [0.25, 0.3) is 6.08 Å². The van der Waals surface area contributed by atoms with Crippen LogP contribution >= 0.6 is 0 Å². The molecule has 0 aromatic heterocycles. The second kappa shape index (κ2) is 10.3. The van der Waals surface area contributed by atoms with Crippen LogP contribution in [0, 0.1) is 0 Å². The number of aliphatic hydroxyl groups excluding tert-OH is 3. The number of hydroxylamine groups is 1. The van der Waals surface area contributed by atoms with Gasteiger partial charge in [-0.15, -0.1) is 0 Å². The van der Waals surface area contributed by atoms with E-state index in [0.29, 0.717) is 5.56 Å². The van der Waals surface area contributed by atoms with Crippen LogP contribution in [0.3, 0.4) is 0 Å². The molecular weight excluding hydrogens is 330 g/mol. The maximum Gasteiger partial charge on any atom is 0.271 e. The molecule has 25 heavy (non-hydrogen) atoms. The van der Waals surface area contributed by atoms with E-state index in [9.17, 15) is 19.8 Å². The maximum atomic E-state index is 12.0. The minimum atomic E-state index is -1.30. The highest BCUT2D eigenvalue weighted by Gasteiger charge is 2.19. The van der Waals surface area contributed by atoms with Gasteiger partial charge in [0, 0.05) is 24.3 Å². The van der Waals surface area contributed by atoms with Gasteiger partial charge in [-0.3, -0.25) is 14.8 Å². The lowest BCUT2D eigenvalue weighted by Gasteiger charge is -2.18. The summed E-state index contributed by atoms with van der Waals surface area (Å²) in [7, 11) is 0. The van der Waals surface area contributed by atoms with E-state index in [-0.39, 0.29) is 12.0 Å². The summed E-state index contributed by atoms with van der Waals surface area (Å²) in [6.45, 7) is 1.35. The third-order valence-electron chi connectivity index (χ3n) is 3.18. The minimum absolute atomic E-state index is 0.0502. The van der Waals surface area contributed by atoms with E-state index < -0.39 is 30.1 Å². The van der Waals surface area contributed by atoms with Crippen LogP contribution < -0.4 is 10.9 Å². The van der Waals surface area contributed by atoms with Crippen molar-refractivity contribution in [1.29, 1.82) is 0 Å². The number of hydrazone groups is 1. The van der Waals surface area contributed by atoms with Gasteiger partial charge in [0.2, 0.25) is 0 Å². The Hall–Kier alpha value is -2.59. The lowest BCUT2D eigenvalue weighted by molar-refractivity contribution is -0.124. The van der Waals surface area contributed by atoms with Gasteiger partial charge in [-0.2, -0.15) is 5.10 Å². The fourth-order valence-electron chi connectivity index (χ4n) is 1.78. The second-order valence-electron chi connectivity index (χ2n) is 5.22. The predicted molar refractivity (Wildman–Crippen MR) is 89.7 cm³/mol. The highest BCUT2D eigenvalue weighted by Crippen LogP contribution is 2.07. The van der Waals surface area contributed by atoms with E-state index in [0.717, 1.165) is 6.08 Å². The Morgan fingerprint density at radius 1 is 1.28 bits per heavy atom. The molecule has 0 bridgehead atoms. The molecule has 0 saturated heterocycles. The number of aliphatic hydroxyl groups is 3. The molecular formula is C16H21N3O6. The Morgan fingerprint density at radius 3 is 2.64 bits per heavy atom. The normalized spacial score (nSPS) is 15.1. The molecule has 0 aliphatic carbocycles. The van der Waals surface area contributed by atoms with Gasteiger partial charge in [0.1, 0.15) is 6.10 Å². The summed E-state index contributed by atoms with van der Waals surface area (Å²) in [5, 5.41) is 40.2. The van der Waals surface area contributed by atoms with Crippen LogP contribution in [0.5, 0.6) is 0 Å². The van der Waals surface area contributed by atoms with Crippen molar-refractivity contribution in [3.05, 3.63) is 41.5 Å². The summed E-state index contributed by atoms with van der Waals surface area (Å²) in [4.78, 5) is 22.9. The van der Waals surface area contributed by atoms with Crippen LogP contribution in [0.2, 0.25) is 0 Å². The fourth-order valence-corrected chi connectivity index (χ4v) is 1.78. The molecule has 3 atom stereocenters. The molecule has 136 valence electrons. The first kappa shape index (κ1) is 20.5. The van der Waals surface area contributed by atoms with Gasteiger partial charge in [0.05, 0.1) is 12.2 Å². The van der Waals surface area contributed by atoms with Gasteiger partial charge < -0.3 is 15.3 Å². The Balaban J connectivity index is 2.59. The Kier molecular flexibility index (Phi) is 8.44. The molecule has 9 heteroatoms. The van der Waals surface area contributed by atoms with Crippen LogP contribution in [0.1, 0.15) is 29.3 Å². The van der Waals surface area contributed by atoms with Crippen molar-refractivity contribution in [3.63, 3.8) is 0 Å². The molecule has 0 aliphatic rings. The predicted octanol–water partition coefficient (Wildman–Crippen LogP) is -0.587. The van der Waals surface area contributed by atoms with Crippen molar-refractivity contribution in [2.45, 2.75) is 31.7 Å². The van der Waals surface area contributed by atoms with E-state index in [1.807, 2.05) is 0 Å². The van der Waals surface area contributed by atoms with Gasteiger partial charge in [0.15, 0.2) is 0 Å². The Labute approximate surface area is 144 Å². The minimum Gasteiger partial charge on any atom is -0.391 e. The SMILES string of the molecule is C[C@@H](O)[C@@H](O)[C@@H](O)C/C=N/NC(=O)c1cccc(/C=C/C(=O)NO)c1. The lowest BCUT2D eigenvalue weighted by Crippen LogP contribution is -2.35. The number of nitrogens with one attached hydrogen (secondary N) is 2. The van der Waals surface area contributed by atoms with Crippen LogP contribution in [0.4, 0.5) is 0 Å². The molecule has 1 rings (SSSR count). The molecule has 0 radical (unpaired) electrons. The zero-order valence-electron chi connectivity index (χ0n) is 13.5. The first-order valence-corrected chi connectivity index (χ1v) is 7.43. The number of benzene rings is 1. The first-order valence-electron chi connectivity index (χ1n) is 7.43. The highest BCUT2D eigenvalue weighted by atomic mass is 16.5. The molecule has 6 N–H and O–H groups in total. The molecule has 0 aliphatic heterocycles. The number of carbonyl (C=O) groups is 2. The average Bonchev–Trinajstić information content (AvgIpc) is 2.62. The molecule has 1 aromatic carbocycles. The topological polar surface area (TPSA) is 151 Å². The van der Waals surface area contributed by atoms with E-state index in [2.05, 4.69) is 10.5 Å². The first-order chi connectivity index (χ1) is 11.8. The van der Waals surface area contributed by atoms with Crippen molar-refractivity contribution in [3.8, 4) is 0 Å². The van der Waals surface area contributed by atoms with Crippen molar-refractivity contribution in [2.75, 3.05) is 0 Å². The smallest absolute Gasteiger partial charge is 0.271 e. The van der Waals surface area contributed by atoms with Crippen molar-refractivity contribution in [1.82, 2.24) is 10.9 Å². The summed E-state index contributed by atoms with van der Waals surface area (Å²) in [5.41, 5.74) is 4.56. The molecule has 0 saturated carbocycles. The van der Waals surface area contributed by atoms with E-state index in [1.54, 1.807) is 18.2 Å². The van der Waals surface area contributed by atoms with Gasteiger partial charge in [0.25, 0.3) is 11.8 Å². The fraction of sp³-hybridized carbons (Fsp3) is 0.312. The monoisotopic (exact) mass is 351 g/mol. The van der Waals surface area contributed by atoms with Gasteiger partial charge in [-0.25, -0.2) is 10.9 Å². The number of amides is 2. The molecule has 0 heterocycles. The van der Waals surface area contributed by atoms with Crippen LogP contribution in [-0.4, -0.2) is 56.9 Å². The van der Waals surface area contributed by atoms with E-state index >= 15 is 0 Å². The third kappa shape index (κ3) is 7.23. The number of nitrogens with zero attached hydrogens (tertiary/aromatic N) is 1. The molecule has 1 aromatic rings. The van der Waals surface area contributed by atoms with Gasteiger partial charge >= 0.3 is 0 Å². The zero-order valence-corrected chi connectivity index (χ0v) is 13.5. The maximum absolute atomic E-state index is 12.0. The standard InChI is InChI=1S/C16H21N3O6/c1-10(20)15(23)13(21)7-8-17-18-16(24)12-4-2-3-11(9-12)5-6-14(22)19-25/h2-6,8-10,13,15,20-21,23,25H,7H2,1H3,(H,18,24)(H,19,22)/b6-5+,17-8+/t10-,13+,15-/m1/s1. The summed E-state index contributed by atoms with van der Waals surface area (Å²) >= 11 is 0. The Bertz CT molecular complexity index is 645. The van der Waals surface area contributed by atoms with Crippen LogP contribution in [0.15, 0.2) is 35.4 Å². The van der Waals surface area contributed by atoms with Gasteiger partial charge in [-0.1, -0.05) is 12.1 Å². The molecule has 0 spiro atoms. The summed E-state index contributed by atoms with van der Waals surface area (Å²) in [6, 6.07) is 6.32. The highest BCUT2D eigenvalue weighted by molar-refractivity contribution is 5.95. The average molecular weight is 351 g/mol. The third-order valence-corrected chi connectivity index (χ3v) is 3.18. The van der Waals surface area contributed by atoms with Crippen molar-refractivity contribution < 1.29 is 30.1 Å².